The van der Waals surface area contributed by atoms with Crippen LogP contribution in [0.1, 0.15) is 0 Å². The first kappa shape index (κ1) is 8.55. The highest BCUT2D eigenvalue weighted by Crippen LogP contribution is 2.23. The molecule has 0 aliphatic heterocycles. The van der Waals surface area contributed by atoms with Crippen molar-refractivity contribution >= 4 is 6.01 Å². The Hall–Kier alpha value is -2.04. The van der Waals surface area contributed by atoms with Gasteiger partial charge in [0.15, 0.2) is 5.76 Å². The van der Waals surface area contributed by atoms with Crippen molar-refractivity contribution in [1.29, 1.82) is 0 Å². The molecule has 5 nitrogen and oxygen atoms in total. The number of oxazole rings is 1. The molecule has 5 heteroatoms. The zero-order chi connectivity index (χ0) is 9.97. The zero-order valence-corrected chi connectivity index (χ0v) is 7.60. The fourth-order valence-electron chi connectivity index (χ4n) is 1.09. The van der Waals surface area contributed by atoms with E-state index in [1.165, 1.54) is 0 Å². The highest BCUT2D eigenvalue weighted by Gasteiger charge is 2.05. The van der Waals surface area contributed by atoms with Gasteiger partial charge in [-0.1, -0.05) is 0 Å². The van der Waals surface area contributed by atoms with Crippen LogP contribution in [0.15, 0.2) is 29.1 Å². The fourth-order valence-corrected chi connectivity index (χ4v) is 1.09. The molecule has 0 aromatic carbocycles. The van der Waals surface area contributed by atoms with Crippen LogP contribution in [-0.4, -0.2) is 17.1 Å². The number of pyridine rings is 1. The highest BCUT2D eigenvalue weighted by atomic mass is 16.5. The van der Waals surface area contributed by atoms with E-state index in [1.54, 1.807) is 31.8 Å². The number of methoxy groups -OCH3 is 1. The third kappa shape index (κ3) is 1.52. The van der Waals surface area contributed by atoms with Crippen LogP contribution in [-0.2, 0) is 0 Å². The number of rotatable bonds is 2. The Labute approximate surface area is 80.5 Å². The quantitative estimate of drug-likeness (QED) is 0.775. The molecule has 72 valence electrons. The first-order chi connectivity index (χ1) is 6.79. The fraction of sp³-hybridized carbons (Fsp3) is 0.111. The summed E-state index contributed by atoms with van der Waals surface area (Å²) in [5.41, 5.74) is 6.14. The third-order valence-electron chi connectivity index (χ3n) is 1.76. The average molecular weight is 191 g/mol. The van der Waals surface area contributed by atoms with Gasteiger partial charge in [-0.3, -0.25) is 4.98 Å². The van der Waals surface area contributed by atoms with Crippen molar-refractivity contribution in [2.24, 2.45) is 0 Å². The van der Waals surface area contributed by atoms with Gasteiger partial charge < -0.3 is 14.9 Å². The molecule has 0 saturated carbocycles. The molecule has 0 aliphatic rings. The molecule has 2 rings (SSSR count). The first-order valence-electron chi connectivity index (χ1n) is 4.00. The summed E-state index contributed by atoms with van der Waals surface area (Å²) in [6.07, 6.45) is 4.82. The maximum absolute atomic E-state index is 5.36. The molecule has 0 radical (unpaired) electrons. The standard InChI is InChI=1S/C9H9N3O2/c1-13-7-2-6(3-11-4-7)8-5-12-9(10)14-8/h2-5H,1H3,(H2,10,12). The van der Waals surface area contributed by atoms with Gasteiger partial charge in [-0.2, -0.15) is 0 Å². The minimum absolute atomic E-state index is 0.141. The molecule has 0 saturated heterocycles. The summed E-state index contributed by atoms with van der Waals surface area (Å²) in [4.78, 5) is 7.78. The molecule has 0 aliphatic carbocycles. The summed E-state index contributed by atoms with van der Waals surface area (Å²) in [5, 5.41) is 0. The monoisotopic (exact) mass is 191 g/mol. The van der Waals surface area contributed by atoms with Crippen LogP contribution < -0.4 is 10.5 Å². The number of hydrogen-bond acceptors (Lipinski definition) is 5. The van der Waals surface area contributed by atoms with Crippen LogP contribution in [0.5, 0.6) is 5.75 Å². The summed E-state index contributed by atoms with van der Waals surface area (Å²) in [6.45, 7) is 0. The van der Waals surface area contributed by atoms with Gasteiger partial charge in [0.05, 0.1) is 19.5 Å². The van der Waals surface area contributed by atoms with Gasteiger partial charge in [-0.05, 0) is 6.07 Å². The molecule has 0 bridgehead atoms. The van der Waals surface area contributed by atoms with E-state index in [0.717, 1.165) is 5.56 Å². The van der Waals surface area contributed by atoms with E-state index in [1.807, 2.05) is 0 Å². The lowest BCUT2D eigenvalue weighted by molar-refractivity contribution is 0.413. The van der Waals surface area contributed by atoms with Crippen LogP contribution in [0.2, 0.25) is 0 Å². The molecule has 2 aromatic rings. The Kier molecular flexibility index (Phi) is 2.06. The van der Waals surface area contributed by atoms with Crippen molar-refractivity contribution in [2.75, 3.05) is 12.8 Å². The van der Waals surface area contributed by atoms with Gasteiger partial charge >= 0.3 is 0 Å². The molecule has 0 amide bonds. The second kappa shape index (κ2) is 3.37. The lowest BCUT2D eigenvalue weighted by atomic mass is 10.2. The van der Waals surface area contributed by atoms with Crippen molar-refractivity contribution in [3.05, 3.63) is 24.7 Å². The molecule has 0 atom stereocenters. The summed E-state index contributed by atoms with van der Waals surface area (Å²) in [5.74, 6) is 1.24. The Morgan fingerprint density at radius 3 is 2.86 bits per heavy atom. The van der Waals surface area contributed by atoms with E-state index in [-0.39, 0.29) is 6.01 Å². The molecule has 2 aromatic heterocycles. The van der Waals surface area contributed by atoms with E-state index < -0.39 is 0 Å². The predicted molar refractivity (Wildman–Crippen MR) is 50.7 cm³/mol. The summed E-state index contributed by atoms with van der Waals surface area (Å²) in [6, 6.07) is 1.94. The second-order valence-electron chi connectivity index (χ2n) is 2.68. The van der Waals surface area contributed by atoms with E-state index in [2.05, 4.69) is 9.97 Å². The van der Waals surface area contributed by atoms with Gasteiger partial charge in [0.1, 0.15) is 5.75 Å². The summed E-state index contributed by atoms with van der Waals surface area (Å²) >= 11 is 0. The smallest absolute Gasteiger partial charge is 0.292 e. The first-order valence-corrected chi connectivity index (χ1v) is 4.00. The molecular weight excluding hydrogens is 182 g/mol. The van der Waals surface area contributed by atoms with Crippen molar-refractivity contribution in [3.8, 4) is 17.1 Å². The van der Waals surface area contributed by atoms with Crippen molar-refractivity contribution < 1.29 is 9.15 Å². The Bertz CT molecular complexity index is 439. The lowest BCUT2D eigenvalue weighted by Crippen LogP contribution is -1.85. The summed E-state index contributed by atoms with van der Waals surface area (Å²) < 4.78 is 10.2. The number of nitrogens with zero attached hydrogens (tertiary/aromatic N) is 2. The number of anilines is 1. The third-order valence-corrected chi connectivity index (χ3v) is 1.76. The maximum atomic E-state index is 5.36. The molecule has 0 spiro atoms. The van der Waals surface area contributed by atoms with Crippen molar-refractivity contribution in [3.63, 3.8) is 0 Å². The Morgan fingerprint density at radius 1 is 1.36 bits per heavy atom. The topological polar surface area (TPSA) is 74.2 Å². The highest BCUT2D eigenvalue weighted by molar-refractivity contribution is 5.57. The van der Waals surface area contributed by atoms with Crippen LogP contribution >= 0.6 is 0 Å². The molecule has 2 N–H and O–H groups in total. The number of hydrogen-bond donors (Lipinski definition) is 1. The normalized spacial score (nSPS) is 10.1. The molecule has 14 heavy (non-hydrogen) atoms. The Morgan fingerprint density at radius 2 is 2.21 bits per heavy atom. The van der Waals surface area contributed by atoms with E-state index in [4.69, 9.17) is 14.9 Å². The second-order valence-corrected chi connectivity index (χ2v) is 2.68. The predicted octanol–water partition coefficient (Wildman–Crippen LogP) is 1.33. The van der Waals surface area contributed by atoms with Crippen LogP contribution in [0, 0.1) is 0 Å². The summed E-state index contributed by atoms with van der Waals surface area (Å²) in [7, 11) is 1.58. The van der Waals surface area contributed by atoms with Crippen molar-refractivity contribution in [1.82, 2.24) is 9.97 Å². The Balaban J connectivity index is 2.41. The number of aromatic nitrogens is 2. The molecule has 0 fully saturated rings. The van der Waals surface area contributed by atoms with Crippen molar-refractivity contribution in [2.45, 2.75) is 0 Å². The SMILES string of the molecule is COc1cncc(-c2cnc(N)o2)c1. The largest absolute Gasteiger partial charge is 0.495 e. The number of ether oxygens (including phenoxy) is 1. The van der Waals surface area contributed by atoms with Crippen LogP contribution in [0.25, 0.3) is 11.3 Å². The van der Waals surface area contributed by atoms with E-state index >= 15 is 0 Å². The maximum Gasteiger partial charge on any atom is 0.292 e. The molecule has 2 heterocycles. The zero-order valence-electron chi connectivity index (χ0n) is 7.60. The van der Waals surface area contributed by atoms with Crippen LogP contribution in [0.4, 0.5) is 6.01 Å². The van der Waals surface area contributed by atoms with E-state index in [0.29, 0.717) is 11.5 Å². The van der Waals surface area contributed by atoms with Crippen LogP contribution in [0.3, 0.4) is 0 Å². The molecular formula is C9H9N3O2. The lowest BCUT2D eigenvalue weighted by Gasteiger charge is -1.99. The minimum atomic E-state index is 0.141. The average Bonchev–Trinajstić information content (AvgIpc) is 2.65. The van der Waals surface area contributed by atoms with Gasteiger partial charge in [-0.25, -0.2) is 4.98 Å². The molecule has 0 unspecified atom stereocenters. The number of nitrogen functional groups attached to an aromatic ring is 1. The minimum Gasteiger partial charge on any atom is -0.495 e. The van der Waals surface area contributed by atoms with Gasteiger partial charge in [-0.15, -0.1) is 0 Å². The van der Waals surface area contributed by atoms with Gasteiger partial charge in [0, 0.05) is 11.8 Å². The number of nitrogens with two attached hydrogens (primary N) is 1. The van der Waals surface area contributed by atoms with E-state index in [9.17, 15) is 0 Å². The van der Waals surface area contributed by atoms with Gasteiger partial charge in [0.2, 0.25) is 0 Å². The van der Waals surface area contributed by atoms with Gasteiger partial charge in [0.25, 0.3) is 6.01 Å².